The Morgan fingerprint density at radius 3 is 1.04 bits per heavy atom. The van der Waals surface area contributed by atoms with E-state index in [-0.39, 0.29) is 0 Å². The van der Waals surface area contributed by atoms with Crippen LogP contribution in [0.3, 0.4) is 0 Å². The number of unbranched alkanes of at least 4 members (excludes halogenated alkanes) is 8. The summed E-state index contributed by atoms with van der Waals surface area (Å²) in [6.45, 7) is 11.7. The van der Waals surface area contributed by atoms with Gasteiger partial charge in [-0.05, 0) is 123 Å². The van der Waals surface area contributed by atoms with Crippen LogP contribution in [0, 0.1) is 46.3 Å². The molecule has 1 heteroatoms. The van der Waals surface area contributed by atoms with E-state index < -0.39 is 0 Å². The van der Waals surface area contributed by atoms with Crippen LogP contribution in [0.25, 0.3) is 0 Å². The topological polar surface area (TPSA) is 9.23 Å². The Balaban J connectivity index is 1.44. The van der Waals surface area contributed by atoms with Gasteiger partial charge in [0.1, 0.15) is 0 Å². The Hall–Kier alpha value is -0.0400. The fourth-order valence-corrected chi connectivity index (χ4v) is 13.4. The second-order valence-corrected chi connectivity index (χ2v) is 19.6. The molecule has 0 saturated heterocycles. The average molecular weight is 711 g/mol. The van der Waals surface area contributed by atoms with E-state index in [1.54, 1.807) is 0 Å². The summed E-state index contributed by atoms with van der Waals surface area (Å²) in [5, 5.41) is 0. The van der Waals surface area contributed by atoms with Crippen molar-refractivity contribution in [3.05, 3.63) is 0 Å². The molecule has 51 heavy (non-hydrogen) atoms. The van der Waals surface area contributed by atoms with Crippen molar-refractivity contribution in [1.29, 1.82) is 0 Å². The van der Waals surface area contributed by atoms with Crippen LogP contribution < -0.4 is 0 Å². The van der Waals surface area contributed by atoms with E-state index in [0.717, 1.165) is 48.7 Å². The maximum atomic E-state index is 7.09. The van der Waals surface area contributed by atoms with Crippen LogP contribution in [0.15, 0.2) is 0 Å². The summed E-state index contributed by atoms with van der Waals surface area (Å²) in [6.07, 6.45) is 53.2. The van der Waals surface area contributed by atoms with Crippen molar-refractivity contribution in [3.63, 3.8) is 0 Å². The van der Waals surface area contributed by atoms with E-state index in [4.69, 9.17) is 4.74 Å². The molecule has 0 bridgehead atoms. The predicted octanol–water partition coefficient (Wildman–Crippen LogP) is 16.9. The molecule has 0 aliphatic heterocycles. The van der Waals surface area contributed by atoms with Crippen LogP contribution >= 0.6 is 0 Å². The van der Waals surface area contributed by atoms with E-state index in [1.807, 2.05) is 0 Å². The maximum absolute atomic E-state index is 7.09. The predicted molar refractivity (Wildman–Crippen MR) is 226 cm³/mol. The standard InChI is InChI=1S/C50H94O/c1-5-9-15-23-43-29-33-47(34-30-43)49(37-21-11-7-3,45-25-17-13-18-26-45)39-41-51-42-40-50(38-22-12-8-4,46-27-19-14-20-28-46)48-35-31-44(32-36-48)24-16-10-6-2/h43-48H,5-42H2,1-4H3. The molecule has 4 rings (SSSR count). The summed E-state index contributed by atoms with van der Waals surface area (Å²) >= 11 is 0. The van der Waals surface area contributed by atoms with Gasteiger partial charge in [-0.1, -0.05) is 182 Å². The highest BCUT2D eigenvalue weighted by Crippen LogP contribution is 2.57. The molecule has 4 saturated carbocycles. The van der Waals surface area contributed by atoms with Crippen molar-refractivity contribution in [3.8, 4) is 0 Å². The van der Waals surface area contributed by atoms with Gasteiger partial charge in [0.05, 0.1) is 0 Å². The quantitative estimate of drug-likeness (QED) is 0.0812. The molecular weight excluding hydrogens is 617 g/mol. The zero-order chi connectivity index (χ0) is 36.0. The molecule has 0 radical (unpaired) electrons. The largest absolute Gasteiger partial charge is 0.381 e. The zero-order valence-corrected chi connectivity index (χ0v) is 35.7. The van der Waals surface area contributed by atoms with Crippen LogP contribution in [0.2, 0.25) is 0 Å². The van der Waals surface area contributed by atoms with Crippen molar-refractivity contribution >= 4 is 0 Å². The van der Waals surface area contributed by atoms with Gasteiger partial charge in [0.2, 0.25) is 0 Å². The number of ether oxygens (including phenoxy) is 1. The van der Waals surface area contributed by atoms with E-state index in [0.29, 0.717) is 10.8 Å². The van der Waals surface area contributed by atoms with Crippen molar-refractivity contribution < 1.29 is 4.74 Å². The number of hydrogen-bond donors (Lipinski definition) is 0. The third-order valence-corrected chi connectivity index (χ3v) is 16.5. The molecule has 4 fully saturated rings. The summed E-state index contributed by atoms with van der Waals surface area (Å²) < 4.78 is 7.09. The van der Waals surface area contributed by atoms with Gasteiger partial charge in [-0.3, -0.25) is 0 Å². The van der Waals surface area contributed by atoms with Crippen LogP contribution in [-0.2, 0) is 4.74 Å². The Morgan fingerprint density at radius 2 is 0.686 bits per heavy atom. The molecule has 0 aromatic heterocycles. The van der Waals surface area contributed by atoms with Crippen LogP contribution in [0.1, 0.15) is 259 Å². The Morgan fingerprint density at radius 1 is 0.353 bits per heavy atom. The third kappa shape index (κ3) is 13.6. The highest BCUT2D eigenvalue weighted by molar-refractivity contribution is 4.97. The average Bonchev–Trinajstić information content (AvgIpc) is 3.18. The first kappa shape index (κ1) is 43.7. The normalized spacial score (nSPS) is 28.0. The maximum Gasteiger partial charge on any atom is 0.0471 e. The lowest BCUT2D eigenvalue weighted by molar-refractivity contribution is -0.0490. The first-order valence-electron chi connectivity index (χ1n) is 24.7. The van der Waals surface area contributed by atoms with Gasteiger partial charge in [-0.2, -0.15) is 0 Å². The molecule has 0 aromatic rings. The van der Waals surface area contributed by atoms with Crippen molar-refractivity contribution in [2.45, 2.75) is 259 Å². The Kier molecular flexibility index (Phi) is 21.6. The van der Waals surface area contributed by atoms with Gasteiger partial charge in [0.15, 0.2) is 0 Å². The summed E-state index contributed by atoms with van der Waals surface area (Å²) in [4.78, 5) is 0. The first-order valence-corrected chi connectivity index (χ1v) is 24.7. The summed E-state index contributed by atoms with van der Waals surface area (Å²) in [7, 11) is 0. The van der Waals surface area contributed by atoms with Crippen LogP contribution in [0.4, 0.5) is 0 Å². The molecule has 4 aliphatic rings. The number of hydrogen-bond acceptors (Lipinski definition) is 1. The molecule has 0 heterocycles. The van der Waals surface area contributed by atoms with Gasteiger partial charge >= 0.3 is 0 Å². The van der Waals surface area contributed by atoms with Crippen molar-refractivity contribution in [2.24, 2.45) is 46.3 Å². The second kappa shape index (κ2) is 25.2. The molecule has 300 valence electrons. The summed E-state index contributed by atoms with van der Waals surface area (Å²) in [6, 6.07) is 0. The highest BCUT2D eigenvalue weighted by Gasteiger charge is 2.47. The van der Waals surface area contributed by atoms with Crippen molar-refractivity contribution in [1.82, 2.24) is 0 Å². The lowest BCUT2D eigenvalue weighted by Crippen LogP contribution is -2.43. The fourth-order valence-electron chi connectivity index (χ4n) is 13.4. The highest BCUT2D eigenvalue weighted by atomic mass is 16.5. The van der Waals surface area contributed by atoms with E-state index in [2.05, 4.69) is 27.7 Å². The minimum Gasteiger partial charge on any atom is -0.381 e. The first-order chi connectivity index (χ1) is 25.1. The van der Waals surface area contributed by atoms with Crippen LogP contribution in [-0.4, -0.2) is 13.2 Å². The molecule has 0 N–H and O–H groups in total. The molecular formula is C50H94O. The van der Waals surface area contributed by atoms with Gasteiger partial charge in [0.25, 0.3) is 0 Å². The summed E-state index contributed by atoms with van der Waals surface area (Å²) in [5.41, 5.74) is 1.11. The van der Waals surface area contributed by atoms with Crippen molar-refractivity contribution in [2.75, 3.05) is 13.2 Å². The van der Waals surface area contributed by atoms with Gasteiger partial charge < -0.3 is 4.74 Å². The molecule has 2 atom stereocenters. The Labute approximate surface area is 322 Å². The SMILES string of the molecule is CCCCCC1CCC(C(CCCCC)(CCOCCC(CCCCC)(C2CCCCC2)C2CCC(CCCCC)CC2)C2CCCCC2)CC1. The minimum absolute atomic E-state index is 0.557. The van der Waals surface area contributed by atoms with E-state index in [1.165, 1.54) is 231 Å². The monoisotopic (exact) mass is 711 g/mol. The van der Waals surface area contributed by atoms with Gasteiger partial charge in [-0.25, -0.2) is 0 Å². The number of rotatable bonds is 26. The molecule has 1 nitrogen and oxygen atoms in total. The van der Waals surface area contributed by atoms with Gasteiger partial charge in [-0.15, -0.1) is 0 Å². The Bertz CT molecular complexity index is 754. The minimum atomic E-state index is 0.557. The van der Waals surface area contributed by atoms with Crippen LogP contribution in [0.5, 0.6) is 0 Å². The molecule has 2 unspecified atom stereocenters. The summed E-state index contributed by atoms with van der Waals surface area (Å²) in [5.74, 6) is 5.91. The van der Waals surface area contributed by atoms with E-state index in [9.17, 15) is 0 Å². The lowest BCUT2D eigenvalue weighted by Gasteiger charge is -2.51. The molecule has 0 aromatic carbocycles. The van der Waals surface area contributed by atoms with E-state index >= 15 is 0 Å². The molecule has 0 spiro atoms. The molecule has 4 aliphatic carbocycles. The van der Waals surface area contributed by atoms with Gasteiger partial charge in [0, 0.05) is 13.2 Å². The second-order valence-electron chi connectivity index (χ2n) is 19.6. The lowest BCUT2D eigenvalue weighted by atomic mass is 9.54. The smallest absolute Gasteiger partial charge is 0.0471 e. The fraction of sp³-hybridized carbons (Fsp3) is 1.00. The third-order valence-electron chi connectivity index (χ3n) is 16.5. The molecule has 0 amide bonds. The zero-order valence-electron chi connectivity index (χ0n) is 35.7.